The SMILES string of the molecule is N#Cc1ccc(-c2c(N3CCOCC3)nc3cc[nH]c3c2C[C@H]2CCNC2)cc1. The number of benzene rings is 1. The predicted octanol–water partition coefficient (Wildman–Crippen LogP) is 3.09. The Labute approximate surface area is 170 Å². The van der Waals surface area contributed by atoms with Crippen LogP contribution in [0.15, 0.2) is 36.5 Å². The van der Waals surface area contributed by atoms with E-state index in [1.54, 1.807) is 0 Å². The van der Waals surface area contributed by atoms with Crippen LogP contribution in [-0.4, -0.2) is 49.4 Å². The smallest absolute Gasteiger partial charge is 0.137 e. The molecule has 6 nitrogen and oxygen atoms in total. The molecule has 2 saturated heterocycles. The highest BCUT2D eigenvalue weighted by molar-refractivity contribution is 5.92. The third-order valence-corrected chi connectivity index (χ3v) is 6.05. The number of nitrogens with zero attached hydrogens (tertiary/aromatic N) is 3. The second-order valence-corrected chi connectivity index (χ2v) is 7.88. The van der Waals surface area contributed by atoms with Crippen molar-refractivity contribution in [2.75, 3.05) is 44.3 Å². The van der Waals surface area contributed by atoms with Gasteiger partial charge in [-0.3, -0.25) is 0 Å². The van der Waals surface area contributed by atoms with Crippen LogP contribution in [0.5, 0.6) is 0 Å². The van der Waals surface area contributed by atoms with Crippen LogP contribution in [0.2, 0.25) is 0 Å². The van der Waals surface area contributed by atoms with Gasteiger partial charge in [0.25, 0.3) is 0 Å². The van der Waals surface area contributed by atoms with Crippen molar-refractivity contribution in [2.45, 2.75) is 12.8 Å². The van der Waals surface area contributed by atoms with E-state index in [1.807, 2.05) is 18.3 Å². The molecule has 2 aliphatic rings. The summed E-state index contributed by atoms with van der Waals surface area (Å²) in [7, 11) is 0. The Kier molecular flexibility index (Phi) is 4.92. The lowest BCUT2D eigenvalue weighted by molar-refractivity contribution is 0.122. The molecule has 0 bridgehead atoms. The van der Waals surface area contributed by atoms with Crippen LogP contribution >= 0.6 is 0 Å². The highest BCUT2D eigenvalue weighted by Crippen LogP contribution is 2.39. The highest BCUT2D eigenvalue weighted by Gasteiger charge is 2.25. The predicted molar refractivity (Wildman–Crippen MR) is 114 cm³/mol. The van der Waals surface area contributed by atoms with Crippen molar-refractivity contribution in [1.82, 2.24) is 15.3 Å². The molecule has 6 heteroatoms. The van der Waals surface area contributed by atoms with E-state index in [2.05, 4.69) is 39.5 Å². The molecular weight excluding hydrogens is 362 g/mol. The first kappa shape index (κ1) is 18.2. The van der Waals surface area contributed by atoms with Gasteiger partial charge >= 0.3 is 0 Å². The second kappa shape index (κ2) is 7.86. The Bertz CT molecular complexity index is 1040. The number of nitrogens with one attached hydrogen (secondary N) is 2. The summed E-state index contributed by atoms with van der Waals surface area (Å²) in [6.45, 7) is 5.28. The number of hydrogen-bond donors (Lipinski definition) is 2. The Morgan fingerprint density at radius 3 is 2.72 bits per heavy atom. The lowest BCUT2D eigenvalue weighted by atomic mass is 9.90. The minimum atomic E-state index is 0.624. The Morgan fingerprint density at radius 2 is 2.00 bits per heavy atom. The number of fused-ring (bicyclic) bond motifs is 1. The van der Waals surface area contributed by atoms with Gasteiger partial charge in [0.1, 0.15) is 5.82 Å². The number of nitriles is 1. The fourth-order valence-corrected chi connectivity index (χ4v) is 4.53. The Balaban J connectivity index is 1.71. The molecule has 1 atom stereocenters. The van der Waals surface area contributed by atoms with Crippen molar-refractivity contribution < 1.29 is 4.74 Å². The number of anilines is 1. The monoisotopic (exact) mass is 387 g/mol. The minimum absolute atomic E-state index is 0.624. The molecule has 0 amide bonds. The normalized spacial score (nSPS) is 19.6. The number of aromatic amines is 1. The van der Waals surface area contributed by atoms with Gasteiger partial charge in [0.2, 0.25) is 0 Å². The van der Waals surface area contributed by atoms with Crippen LogP contribution < -0.4 is 10.2 Å². The van der Waals surface area contributed by atoms with E-state index in [9.17, 15) is 5.26 Å². The van der Waals surface area contributed by atoms with E-state index >= 15 is 0 Å². The van der Waals surface area contributed by atoms with Crippen LogP contribution in [0.4, 0.5) is 5.82 Å². The molecule has 5 rings (SSSR count). The number of morpholine rings is 1. The summed E-state index contributed by atoms with van der Waals surface area (Å²) >= 11 is 0. The zero-order valence-electron chi connectivity index (χ0n) is 16.4. The first-order valence-electron chi connectivity index (χ1n) is 10.4. The third-order valence-electron chi connectivity index (χ3n) is 6.05. The van der Waals surface area contributed by atoms with Gasteiger partial charge in [0.05, 0.1) is 35.9 Å². The molecule has 2 aliphatic heterocycles. The number of aromatic nitrogens is 2. The number of pyridine rings is 1. The molecule has 0 saturated carbocycles. The molecule has 4 heterocycles. The molecular formula is C23H25N5O. The van der Waals surface area contributed by atoms with Crippen molar-refractivity contribution in [1.29, 1.82) is 5.26 Å². The third kappa shape index (κ3) is 3.48. The zero-order chi connectivity index (χ0) is 19.6. The molecule has 2 N–H and O–H groups in total. The summed E-state index contributed by atoms with van der Waals surface area (Å²) in [5.41, 5.74) is 6.48. The Hall–Kier alpha value is -2.88. The lowest BCUT2D eigenvalue weighted by Crippen LogP contribution is -2.37. The number of hydrogen-bond acceptors (Lipinski definition) is 5. The topological polar surface area (TPSA) is 77.0 Å². The maximum absolute atomic E-state index is 9.22. The van der Waals surface area contributed by atoms with Gasteiger partial charge in [-0.1, -0.05) is 12.1 Å². The van der Waals surface area contributed by atoms with Gasteiger partial charge in [-0.25, -0.2) is 4.98 Å². The first-order valence-corrected chi connectivity index (χ1v) is 10.4. The summed E-state index contributed by atoms with van der Waals surface area (Å²) in [5, 5.41) is 12.7. The van der Waals surface area contributed by atoms with Crippen molar-refractivity contribution in [2.24, 2.45) is 5.92 Å². The minimum Gasteiger partial charge on any atom is -0.378 e. The van der Waals surface area contributed by atoms with Gasteiger partial charge in [-0.2, -0.15) is 5.26 Å². The van der Waals surface area contributed by atoms with E-state index in [1.165, 1.54) is 17.5 Å². The Morgan fingerprint density at radius 1 is 1.17 bits per heavy atom. The molecule has 0 unspecified atom stereocenters. The molecule has 1 aromatic carbocycles. The zero-order valence-corrected chi connectivity index (χ0v) is 16.4. The molecule has 3 aromatic rings. The standard InChI is InChI=1S/C23H25N5O/c24-14-16-1-3-18(4-2-16)21-19(13-17-5-7-25-15-17)22-20(6-8-26-22)27-23(21)28-9-11-29-12-10-28/h1-4,6,8,17,25-26H,5,7,9-13,15H2/t17-/m1/s1. The molecule has 148 valence electrons. The van der Waals surface area contributed by atoms with Crippen molar-refractivity contribution in [3.63, 3.8) is 0 Å². The maximum atomic E-state index is 9.22. The second-order valence-electron chi connectivity index (χ2n) is 7.88. The van der Waals surface area contributed by atoms with E-state index in [-0.39, 0.29) is 0 Å². The van der Waals surface area contributed by atoms with Crippen LogP contribution in [-0.2, 0) is 11.2 Å². The average Bonchev–Trinajstić information content (AvgIpc) is 3.46. The van der Waals surface area contributed by atoms with Crippen LogP contribution in [0.1, 0.15) is 17.5 Å². The summed E-state index contributed by atoms with van der Waals surface area (Å²) in [5.74, 6) is 1.66. The summed E-state index contributed by atoms with van der Waals surface area (Å²) < 4.78 is 5.59. The maximum Gasteiger partial charge on any atom is 0.137 e. The van der Waals surface area contributed by atoms with E-state index < -0.39 is 0 Å². The van der Waals surface area contributed by atoms with Crippen molar-refractivity contribution in [3.05, 3.63) is 47.7 Å². The molecule has 2 aromatic heterocycles. The van der Waals surface area contributed by atoms with Gasteiger partial charge < -0.3 is 19.9 Å². The molecule has 0 radical (unpaired) electrons. The number of H-pyrrole nitrogens is 1. The van der Waals surface area contributed by atoms with Crippen LogP contribution in [0.3, 0.4) is 0 Å². The summed E-state index contributed by atoms with van der Waals surface area (Å²) in [4.78, 5) is 10.9. The summed E-state index contributed by atoms with van der Waals surface area (Å²) in [6, 6.07) is 12.2. The van der Waals surface area contributed by atoms with E-state index in [0.29, 0.717) is 11.5 Å². The number of rotatable bonds is 4. The van der Waals surface area contributed by atoms with Crippen molar-refractivity contribution in [3.8, 4) is 17.2 Å². The largest absolute Gasteiger partial charge is 0.378 e. The fourth-order valence-electron chi connectivity index (χ4n) is 4.53. The van der Waals surface area contributed by atoms with Gasteiger partial charge in [-0.05, 0) is 61.2 Å². The van der Waals surface area contributed by atoms with E-state index in [4.69, 9.17) is 9.72 Å². The number of ether oxygens (including phenoxy) is 1. The van der Waals surface area contributed by atoms with Gasteiger partial charge in [0.15, 0.2) is 0 Å². The quantitative estimate of drug-likeness (QED) is 0.719. The molecule has 29 heavy (non-hydrogen) atoms. The fraction of sp³-hybridized carbons (Fsp3) is 0.391. The van der Waals surface area contributed by atoms with Gasteiger partial charge in [-0.15, -0.1) is 0 Å². The average molecular weight is 387 g/mol. The van der Waals surface area contributed by atoms with Crippen LogP contribution in [0, 0.1) is 17.2 Å². The van der Waals surface area contributed by atoms with E-state index in [0.717, 1.165) is 68.2 Å². The first-order chi connectivity index (χ1) is 14.3. The lowest BCUT2D eigenvalue weighted by Gasteiger charge is -2.31. The van der Waals surface area contributed by atoms with Crippen molar-refractivity contribution >= 4 is 16.9 Å². The molecule has 0 spiro atoms. The molecule has 0 aliphatic carbocycles. The van der Waals surface area contributed by atoms with Crippen LogP contribution in [0.25, 0.3) is 22.2 Å². The highest BCUT2D eigenvalue weighted by atomic mass is 16.5. The van der Waals surface area contributed by atoms with Gasteiger partial charge in [0, 0.05) is 24.8 Å². The summed E-state index contributed by atoms with van der Waals surface area (Å²) in [6.07, 6.45) is 4.20. The molecule has 2 fully saturated rings.